The van der Waals surface area contributed by atoms with Crippen molar-refractivity contribution in [1.29, 1.82) is 0 Å². The zero-order valence-corrected chi connectivity index (χ0v) is 27.9. The van der Waals surface area contributed by atoms with E-state index >= 15 is 0 Å². The molecule has 0 N–H and O–H groups in total. The molecule has 3 heterocycles. The molecule has 8 aromatic carbocycles. The molecule has 0 radical (unpaired) electrons. The molecule has 0 saturated carbocycles. The summed E-state index contributed by atoms with van der Waals surface area (Å²) in [4.78, 5) is 14.8. The molecule has 11 rings (SSSR count). The van der Waals surface area contributed by atoms with Gasteiger partial charge < -0.3 is 8.98 Å². The quantitative estimate of drug-likeness (QED) is 0.188. The molecule has 0 aliphatic carbocycles. The van der Waals surface area contributed by atoms with Gasteiger partial charge in [-0.25, -0.2) is 15.0 Å². The first-order chi connectivity index (χ1) is 25.8. The Morgan fingerprint density at radius 2 is 0.981 bits per heavy atom. The molecule has 0 atom stereocenters. The summed E-state index contributed by atoms with van der Waals surface area (Å²) in [5.41, 5.74) is 7.76. The lowest BCUT2D eigenvalue weighted by atomic mass is 10.0. The van der Waals surface area contributed by atoms with Gasteiger partial charge in [0.2, 0.25) is 0 Å². The average molecular weight is 665 g/mol. The van der Waals surface area contributed by atoms with E-state index in [1.165, 1.54) is 37.8 Å². The Morgan fingerprint density at radius 1 is 0.385 bits per heavy atom. The van der Waals surface area contributed by atoms with Crippen molar-refractivity contribution in [2.24, 2.45) is 0 Å². The molecule has 11 aromatic rings. The van der Waals surface area contributed by atoms with Crippen LogP contribution in [-0.2, 0) is 0 Å². The molecular weight excluding hydrogens is 637 g/mol. The standard InChI is InChI=1S/C47H28N4O/c1-3-14-31(15-4-1)45-48-46(32-16-5-2-6-17-32)50-47(49-45)33-23-25-36-41(28-33)52-40-21-11-20-38(43(36)40)51-39-27-24-29-12-7-9-18-34(29)42(39)37-26-22-30-13-8-10-19-35(30)44(37)51/h1-28H. The first-order valence-corrected chi connectivity index (χ1v) is 17.5. The number of hydrogen-bond acceptors (Lipinski definition) is 4. The minimum absolute atomic E-state index is 0.594. The molecule has 5 heteroatoms. The third-order valence-corrected chi connectivity index (χ3v) is 10.2. The van der Waals surface area contributed by atoms with E-state index in [4.69, 9.17) is 19.4 Å². The Morgan fingerprint density at radius 3 is 1.71 bits per heavy atom. The molecule has 0 bridgehead atoms. The Labute approximate surface area is 298 Å². The molecule has 0 fully saturated rings. The van der Waals surface area contributed by atoms with Crippen LogP contribution in [0, 0.1) is 0 Å². The highest BCUT2D eigenvalue weighted by molar-refractivity contribution is 6.26. The summed E-state index contributed by atoms with van der Waals surface area (Å²) in [6.07, 6.45) is 0. The summed E-state index contributed by atoms with van der Waals surface area (Å²) in [6.45, 7) is 0. The lowest BCUT2D eigenvalue weighted by Crippen LogP contribution is -2.00. The number of aromatic nitrogens is 4. The Bertz CT molecular complexity index is 3120. The molecule has 242 valence electrons. The predicted octanol–water partition coefficient (Wildman–Crippen LogP) is 12.2. The number of fused-ring (bicyclic) bond motifs is 10. The van der Waals surface area contributed by atoms with Gasteiger partial charge in [0, 0.05) is 38.2 Å². The van der Waals surface area contributed by atoms with Crippen LogP contribution in [0.25, 0.3) is 105 Å². The largest absolute Gasteiger partial charge is 0.456 e. The third-order valence-electron chi connectivity index (χ3n) is 10.2. The molecule has 52 heavy (non-hydrogen) atoms. The summed E-state index contributed by atoms with van der Waals surface area (Å²) < 4.78 is 9.12. The monoisotopic (exact) mass is 664 g/mol. The lowest BCUT2D eigenvalue weighted by Gasteiger charge is -2.11. The van der Waals surface area contributed by atoms with E-state index in [0.717, 1.165) is 49.8 Å². The molecule has 5 nitrogen and oxygen atoms in total. The number of benzene rings is 8. The molecule has 0 spiro atoms. The second-order valence-corrected chi connectivity index (χ2v) is 13.2. The highest BCUT2D eigenvalue weighted by atomic mass is 16.3. The van der Waals surface area contributed by atoms with Gasteiger partial charge in [0.15, 0.2) is 17.5 Å². The van der Waals surface area contributed by atoms with Gasteiger partial charge >= 0.3 is 0 Å². The van der Waals surface area contributed by atoms with Crippen molar-refractivity contribution in [2.75, 3.05) is 0 Å². The highest BCUT2D eigenvalue weighted by Gasteiger charge is 2.21. The van der Waals surface area contributed by atoms with E-state index in [-0.39, 0.29) is 0 Å². The van der Waals surface area contributed by atoms with E-state index in [1.807, 2.05) is 60.7 Å². The first-order valence-electron chi connectivity index (χ1n) is 17.5. The highest BCUT2D eigenvalue weighted by Crippen LogP contribution is 2.43. The number of rotatable bonds is 4. The van der Waals surface area contributed by atoms with E-state index < -0.39 is 0 Å². The van der Waals surface area contributed by atoms with Gasteiger partial charge in [-0.3, -0.25) is 0 Å². The molecule has 0 unspecified atom stereocenters. The lowest BCUT2D eigenvalue weighted by molar-refractivity contribution is 0.669. The fourth-order valence-electron chi connectivity index (χ4n) is 7.87. The van der Waals surface area contributed by atoms with E-state index in [1.54, 1.807) is 0 Å². The summed E-state index contributed by atoms with van der Waals surface area (Å²) in [6, 6.07) is 59.1. The van der Waals surface area contributed by atoms with Crippen molar-refractivity contribution in [3.63, 3.8) is 0 Å². The van der Waals surface area contributed by atoms with E-state index in [2.05, 4.69) is 114 Å². The minimum atomic E-state index is 0.594. The van der Waals surface area contributed by atoms with Gasteiger partial charge in [-0.2, -0.15) is 0 Å². The van der Waals surface area contributed by atoms with Crippen molar-refractivity contribution in [1.82, 2.24) is 19.5 Å². The van der Waals surface area contributed by atoms with Crippen molar-refractivity contribution in [3.8, 4) is 39.9 Å². The summed E-state index contributed by atoms with van der Waals surface area (Å²) >= 11 is 0. The third kappa shape index (κ3) is 4.33. The normalized spacial score (nSPS) is 11.8. The van der Waals surface area contributed by atoms with Crippen LogP contribution in [0.2, 0.25) is 0 Å². The molecule has 3 aromatic heterocycles. The smallest absolute Gasteiger partial charge is 0.164 e. The van der Waals surface area contributed by atoms with Crippen LogP contribution in [0.15, 0.2) is 174 Å². The molecule has 0 aliphatic rings. The summed E-state index contributed by atoms with van der Waals surface area (Å²) in [5.74, 6) is 1.85. The number of hydrogen-bond donors (Lipinski definition) is 0. The molecule has 0 saturated heterocycles. The summed E-state index contributed by atoms with van der Waals surface area (Å²) in [5, 5.41) is 9.48. The van der Waals surface area contributed by atoms with Crippen LogP contribution in [-0.4, -0.2) is 19.5 Å². The van der Waals surface area contributed by atoms with Gasteiger partial charge in [0.1, 0.15) is 11.2 Å². The average Bonchev–Trinajstić information content (AvgIpc) is 3.77. The number of nitrogens with zero attached hydrogens (tertiary/aromatic N) is 4. The zero-order valence-electron chi connectivity index (χ0n) is 27.9. The Kier molecular flexibility index (Phi) is 6.18. The fraction of sp³-hybridized carbons (Fsp3) is 0. The van der Waals surface area contributed by atoms with Gasteiger partial charge in [0.05, 0.1) is 22.1 Å². The van der Waals surface area contributed by atoms with Crippen LogP contribution >= 0.6 is 0 Å². The van der Waals surface area contributed by atoms with Crippen LogP contribution in [0.3, 0.4) is 0 Å². The first kappa shape index (κ1) is 28.7. The van der Waals surface area contributed by atoms with Gasteiger partial charge in [-0.15, -0.1) is 0 Å². The van der Waals surface area contributed by atoms with Gasteiger partial charge in [-0.1, -0.05) is 140 Å². The predicted molar refractivity (Wildman–Crippen MR) is 213 cm³/mol. The van der Waals surface area contributed by atoms with Crippen LogP contribution < -0.4 is 0 Å². The van der Waals surface area contributed by atoms with Crippen LogP contribution in [0.5, 0.6) is 0 Å². The van der Waals surface area contributed by atoms with Crippen molar-refractivity contribution in [2.45, 2.75) is 0 Å². The molecular formula is C47H28N4O. The zero-order chi connectivity index (χ0) is 34.2. The Balaban J connectivity index is 1.16. The van der Waals surface area contributed by atoms with Crippen molar-refractivity contribution < 1.29 is 4.42 Å². The maximum Gasteiger partial charge on any atom is 0.164 e. The minimum Gasteiger partial charge on any atom is -0.456 e. The van der Waals surface area contributed by atoms with Gasteiger partial charge in [-0.05, 0) is 46.5 Å². The number of furan rings is 1. The SMILES string of the molecule is c1ccc(-c2nc(-c3ccccc3)nc(-c3ccc4c(c3)oc3cccc(-n5c6ccc7ccccc7c6c6ccc7ccccc7c65)c34)n2)cc1. The maximum absolute atomic E-state index is 6.68. The molecule has 0 aliphatic heterocycles. The second-order valence-electron chi connectivity index (χ2n) is 13.2. The van der Waals surface area contributed by atoms with Crippen LogP contribution in [0.1, 0.15) is 0 Å². The second kappa shape index (κ2) is 11.2. The van der Waals surface area contributed by atoms with Crippen molar-refractivity contribution in [3.05, 3.63) is 170 Å². The van der Waals surface area contributed by atoms with E-state index in [0.29, 0.717) is 17.5 Å². The topological polar surface area (TPSA) is 56.7 Å². The fourth-order valence-corrected chi connectivity index (χ4v) is 7.87. The van der Waals surface area contributed by atoms with E-state index in [9.17, 15) is 0 Å². The van der Waals surface area contributed by atoms with Crippen LogP contribution in [0.4, 0.5) is 0 Å². The Hall–Kier alpha value is -7.11. The molecule has 0 amide bonds. The maximum atomic E-state index is 6.68. The summed E-state index contributed by atoms with van der Waals surface area (Å²) in [7, 11) is 0. The van der Waals surface area contributed by atoms with Crippen molar-refractivity contribution >= 4 is 65.3 Å². The van der Waals surface area contributed by atoms with Gasteiger partial charge in [0.25, 0.3) is 0 Å².